The minimum atomic E-state index is -3.26. The van der Waals surface area contributed by atoms with Crippen LogP contribution in [0.15, 0.2) is 41.3 Å². The minimum Gasteiger partial charge on any atom is -0.338 e. The molecule has 0 spiro atoms. The number of hydrogen-bond donors (Lipinski definition) is 1. The van der Waals surface area contributed by atoms with Crippen LogP contribution in [-0.4, -0.2) is 24.6 Å². The van der Waals surface area contributed by atoms with E-state index in [9.17, 15) is 8.42 Å². The van der Waals surface area contributed by atoms with E-state index in [1.807, 2.05) is 0 Å². The number of hydrogen-bond acceptors (Lipinski definition) is 3. The van der Waals surface area contributed by atoms with Crippen molar-refractivity contribution >= 4 is 44.1 Å². The molecule has 3 rings (SSSR count). The second kappa shape index (κ2) is 5.02. The van der Waals surface area contributed by atoms with Crippen LogP contribution in [0.25, 0.3) is 22.4 Å². The molecule has 0 aliphatic heterocycles. The molecule has 0 radical (unpaired) electrons. The predicted molar refractivity (Wildman–Crippen MR) is 84.7 cm³/mol. The lowest BCUT2D eigenvalue weighted by molar-refractivity contribution is 0.602. The van der Waals surface area contributed by atoms with Crippen molar-refractivity contribution in [2.75, 3.05) is 6.26 Å². The van der Waals surface area contributed by atoms with Crippen molar-refractivity contribution < 1.29 is 8.42 Å². The van der Waals surface area contributed by atoms with E-state index in [0.29, 0.717) is 32.5 Å². The van der Waals surface area contributed by atoms with Gasteiger partial charge in [0.25, 0.3) is 0 Å². The van der Waals surface area contributed by atoms with Crippen molar-refractivity contribution in [3.63, 3.8) is 0 Å². The van der Waals surface area contributed by atoms with E-state index in [0.717, 1.165) is 0 Å². The van der Waals surface area contributed by atoms with Gasteiger partial charge in [-0.2, -0.15) is 0 Å². The van der Waals surface area contributed by atoms with Crippen LogP contribution in [0.5, 0.6) is 0 Å². The summed E-state index contributed by atoms with van der Waals surface area (Å²) in [7, 11) is -3.26. The highest BCUT2D eigenvalue weighted by atomic mass is 35.5. The Labute approximate surface area is 131 Å². The zero-order valence-electron chi connectivity index (χ0n) is 10.9. The van der Waals surface area contributed by atoms with Crippen LogP contribution >= 0.6 is 23.2 Å². The quantitative estimate of drug-likeness (QED) is 0.768. The highest BCUT2D eigenvalue weighted by molar-refractivity contribution is 7.90. The molecule has 4 nitrogen and oxygen atoms in total. The fraction of sp³-hybridized carbons (Fsp3) is 0.0714. The van der Waals surface area contributed by atoms with E-state index in [4.69, 9.17) is 23.2 Å². The smallest absolute Gasteiger partial charge is 0.175 e. The number of benzene rings is 2. The molecule has 2 aromatic carbocycles. The molecular formula is C14H10Cl2N2O2S. The SMILES string of the molecule is CS(=O)(=O)c1ccc2nc(-c3cc(Cl)ccc3Cl)[nH]c2c1. The van der Waals surface area contributed by atoms with Crippen LogP contribution in [0.3, 0.4) is 0 Å². The summed E-state index contributed by atoms with van der Waals surface area (Å²) < 4.78 is 23.2. The number of aromatic amines is 1. The monoisotopic (exact) mass is 340 g/mol. The largest absolute Gasteiger partial charge is 0.338 e. The Hall–Kier alpha value is -1.56. The number of fused-ring (bicyclic) bond motifs is 1. The van der Waals surface area contributed by atoms with Crippen LogP contribution in [0.2, 0.25) is 10.0 Å². The van der Waals surface area contributed by atoms with Crippen LogP contribution in [-0.2, 0) is 9.84 Å². The first-order chi connectivity index (χ1) is 9.84. The number of halogens is 2. The van der Waals surface area contributed by atoms with E-state index < -0.39 is 9.84 Å². The summed E-state index contributed by atoms with van der Waals surface area (Å²) in [6.07, 6.45) is 1.17. The van der Waals surface area contributed by atoms with Gasteiger partial charge >= 0.3 is 0 Å². The Bertz CT molecular complexity index is 949. The molecule has 1 N–H and O–H groups in total. The lowest BCUT2D eigenvalue weighted by Gasteiger charge is -2.00. The van der Waals surface area contributed by atoms with Crippen molar-refractivity contribution in [2.24, 2.45) is 0 Å². The summed E-state index contributed by atoms with van der Waals surface area (Å²) in [5.74, 6) is 0.545. The number of H-pyrrole nitrogens is 1. The average Bonchev–Trinajstić information content (AvgIpc) is 2.83. The maximum absolute atomic E-state index is 11.6. The Morgan fingerprint density at radius 1 is 1.10 bits per heavy atom. The molecule has 0 aliphatic rings. The predicted octanol–water partition coefficient (Wildman–Crippen LogP) is 3.94. The van der Waals surface area contributed by atoms with Crippen molar-refractivity contribution in [3.8, 4) is 11.4 Å². The van der Waals surface area contributed by atoms with Gasteiger partial charge in [-0.05, 0) is 36.4 Å². The zero-order valence-corrected chi connectivity index (χ0v) is 13.2. The summed E-state index contributed by atoms with van der Waals surface area (Å²) in [6, 6.07) is 9.83. The summed E-state index contributed by atoms with van der Waals surface area (Å²) in [5.41, 5.74) is 1.96. The molecular weight excluding hydrogens is 331 g/mol. The molecule has 0 atom stereocenters. The molecule has 0 fully saturated rings. The molecule has 0 saturated heterocycles. The third kappa shape index (κ3) is 2.77. The molecule has 1 heterocycles. The van der Waals surface area contributed by atoms with Gasteiger partial charge in [0.15, 0.2) is 9.84 Å². The van der Waals surface area contributed by atoms with Gasteiger partial charge in [-0.25, -0.2) is 13.4 Å². The average molecular weight is 341 g/mol. The summed E-state index contributed by atoms with van der Waals surface area (Å²) >= 11 is 12.1. The number of nitrogens with zero attached hydrogens (tertiary/aromatic N) is 1. The van der Waals surface area contributed by atoms with E-state index in [1.54, 1.807) is 30.3 Å². The minimum absolute atomic E-state index is 0.238. The number of aromatic nitrogens is 2. The van der Waals surface area contributed by atoms with Gasteiger partial charge in [0.2, 0.25) is 0 Å². The number of nitrogens with one attached hydrogen (secondary N) is 1. The Kier molecular flexibility index (Phi) is 3.43. The maximum atomic E-state index is 11.6. The van der Waals surface area contributed by atoms with Crippen molar-refractivity contribution in [3.05, 3.63) is 46.4 Å². The molecule has 0 aliphatic carbocycles. The van der Waals surface area contributed by atoms with Gasteiger partial charge in [0, 0.05) is 16.8 Å². The van der Waals surface area contributed by atoms with Gasteiger partial charge in [-0.15, -0.1) is 0 Å². The van der Waals surface area contributed by atoms with Gasteiger partial charge in [-0.3, -0.25) is 0 Å². The standard InChI is InChI=1S/C14H10Cl2N2O2S/c1-21(19,20)9-3-5-12-13(7-9)18-14(17-12)10-6-8(15)2-4-11(10)16/h2-7H,1H3,(H,17,18). The second-order valence-corrected chi connectivity index (χ2v) is 7.52. The molecule has 0 amide bonds. The third-order valence-corrected chi connectivity index (χ3v) is 4.74. The van der Waals surface area contributed by atoms with Gasteiger partial charge < -0.3 is 4.98 Å². The fourth-order valence-electron chi connectivity index (χ4n) is 2.03. The normalized spacial score (nSPS) is 12.0. The lowest BCUT2D eigenvalue weighted by atomic mass is 10.2. The Balaban J connectivity index is 2.20. The van der Waals surface area contributed by atoms with Crippen molar-refractivity contribution in [1.29, 1.82) is 0 Å². The first-order valence-corrected chi connectivity index (χ1v) is 8.64. The van der Waals surface area contributed by atoms with Crippen LogP contribution < -0.4 is 0 Å². The Morgan fingerprint density at radius 3 is 2.57 bits per heavy atom. The maximum Gasteiger partial charge on any atom is 0.175 e. The van der Waals surface area contributed by atoms with Gasteiger partial charge in [0.05, 0.1) is 21.0 Å². The van der Waals surface area contributed by atoms with E-state index >= 15 is 0 Å². The highest BCUT2D eigenvalue weighted by Crippen LogP contribution is 2.30. The van der Waals surface area contributed by atoms with Gasteiger partial charge in [0.1, 0.15) is 5.82 Å². The molecule has 0 unspecified atom stereocenters. The molecule has 3 aromatic rings. The molecule has 1 aromatic heterocycles. The molecule has 108 valence electrons. The lowest BCUT2D eigenvalue weighted by Crippen LogP contribution is -1.96. The fourth-order valence-corrected chi connectivity index (χ4v) is 3.05. The summed E-state index contributed by atoms with van der Waals surface area (Å²) in [6.45, 7) is 0. The zero-order chi connectivity index (χ0) is 15.2. The molecule has 21 heavy (non-hydrogen) atoms. The molecule has 0 bridgehead atoms. The third-order valence-electron chi connectivity index (χ3n) is 3.07. The van der Waals surface area contributed by atoms with E-state index in [2.05, 4.69) is 9.97 Å². The first kappa shape index (κ1) is 14.4. The summed E-state index contributed by atoms with van der Waals surface area (Å²) in [4.78, 5) is 7.73. The van der Waals surface area contributed by atoms with Crippen molar-refractivity contribution in [2.45, 2.75) is 4.90 Å². The number of imidazole rings is 1. The van der Waals surface area contributed by atoms with Crippen LogP contribution in [0.1, 0.15) is 0 Å². The molecule has 7 heteroatoms. The van der Waals surface area contributed by atoms with E-state index in [-0.39, 0.29) is 4.90 Å². The number of sulfone groups is 1. The second-order valence-electron chi connectivity index (χ2n) is 4.66. The number of rotatable bonds is 2. The topological polar surface area (TPSA) is 62.8 Å². The van der Waals surface area contributed by atoms with Crippen molar-refractivity contribution in [1.82, 2.24) is 9.97 Å². The van der Waals surface area contributed by atoms with Gasteiger partial charge in [-0.1, -0.05) is 23.2 Å². The molecule has 0 saturated carbocycles. The van der Waals surface area contributed by atoms with Crippen LogP contribution in [0, 0.1) is 0 Å². The Morgan fingerprint density at radius 2 is 1.86 bits per heavy atom. The van der Waals surface area contributed by atoms with E-state index in [1.165, 1.54) is 12.3 Å². The van der Waals surface area contributed by atoms with Crippen LogP contribution in [0.4, 0.5) is 0 Å². The first-order valence-electron chi connectivity index (χ1n) is 6.00. The summed E-state index contributed by atoms with van der Waals surface area (Å²) in [5, 5.41) is 1.06. The highest BCUT2D eigenvalue weighted by Gasteiger charge is 2.12.